The van der Waals surface area contributed by atoms with Crippen LogP contribution in [-0.2, 0) is 4.79 Å². The van der Waals surface area contributed by atoms with Crippen molar-refractivity contribution >= 4 is 34.9 Å². The number of hydrogen-bond donors (Lipinski definition) is 1. The molecule has 1 aliphatic heterocycles. The van der Waals surface area contributed by atoms with E-state index in [1.165, 1.54) is 0 Å². The van der Waals surface area contributed by atoms with Gasteiger partial charge in [-0.05, 0) is 37.5 Å². The van der Waals surface area contributed by atoms with Gasteiger partial charge in [0.15, 0.2) is 0 Å². The number of hydrogen-bond acceptors (Lipinski definition) is 4. The summed E-state index contributed by atoms with van der Waals surface area (Å²) in [6.07, 6.45) is 6.86. The van der Waals surface area contributed by atoms with Crippen LogP contribution in [-0.4, -0.2) is 29.0 Å². The molecule has 25 heavy (non-hydrogen) atoms. The Bertz CT molecular complexity index is 741. The number of amides is 1. The van der Waals surface area contributed by atoms with Crippen molar-refractivity contribution in [2.75, 3.05) is 18.0 Å². The molecule has 2 atom stereocenters. The molecular weight excluding hydrogens is 359 g/mol. The number of benzene rings is 1. The lowest BCUT2D eigenvalue weighted by Gasteiger charge is -2.33. The van der Waals surface area contributed by atoms with Crippen LogP contribution in [0.15, 0.2) is 36.8 Å². The molecule has 5 nitrogen and oxygen atoms in total. The first kappa shape index (κ1) is 18.0. The van der Waals surface area contributed by atoms with E-state index in [9.17, 15) is 4.79 Å². The van der Waals surface area contributed by atoms with E-state index in [0.717, 1.165) is 30.8 Å². The third kappa shape index (κ3) is 4.41. The summed E-state index contributed by atoms with van der Waals surface area (Å²) in [4.78, 5) is 23.2. The number of rotatable bonds is 4. The number of piperidine rings is 1. The maximum atomic E-state index is 12.7. The van der Waals surface area contributed by atoms with Crippen LogP contribution in [0.25, 0.3) is 0 Å². The first-order valence-electron chi connectivity index (χ1n) is 8.31. The minimum atomic E-state index is -0.177. The summed E-state index contributed by atoms with van der Waals surface area (Å²) in [7, 11) is 0. The van der Waals surface area contributed by atoms with Gasteiger partial charge >= 0.3 is 0 Å². The molecule has 2 heterocycles. The monoisotopic (exact) mass is 378 g/mol. The number of carbonyl (C=O) groups excluding carboxylic acids is 1. The Morgan fingerprint density at radius 3 is 2.92 bits per heavy atom. The van der Waals surface area contributed by atoms with Crippen molar-refractivity contribution in [3.63, 3.8) is 0 Å². The van der Waals surface area contributed by atoms with Gasteiger partial charge in [-0.3, -0.25) is 9.78 Å². The lowest BCUT2D eigenvalue weighted by Crippen LogP contribution is -2.44. The maximum absolute atomic E-state index is 12.7. The van der Waals surface area contributed by atoms with E-state index in [2.05, 4.69) is 20.2 Å². The fourth-order valence-electron chi connectivity index (χ4n) is 3.12. The highest BCUT2D eigenvalue weighted by Crippen LogP contribution is 2.27. The lowest BCUT2D eigenvalue weighted by atomic mass is 9.96. The van der Waals surface area contributed by atoms with Gasteiger partial charge in [0.1, 0.15) is 5.82 Å². The van der Waals surface area contributed by atoms with Crippen LogP contribution in [0, 0.1) is 5.92 Å². The van der Waals surface area contributed by atoms with Crippen LogP contribution in [0.1, 0.15) is 31.4 Å². The Balaban J connectivity index is 1.64. The zero-order valence-electron chi connectivity index (χ0n) is 14.0. The number of aromatic nitrogens is 2. The summed E-state index contributed by atoms with van der Waals surface area (Å²) in [6.45, 7) is 3.46. The molecule has 1 fully saturated rings. The topological polar surface area (TPSA) is 58.1 Å². The van der Waals surface area contributed by atoms with Crippen molar-refractivity contribution in [1.29, 1.82) is 0 Å². The normalized spacial score (nSPS) is 18.7. The molecule has 0 radical (unpaired) electrons. The lowest BCUT2D eigenvalue weighted by molar-refractivity contribution is -0.125. The summed E-state index contributed by atoms with van der Waals surface area (Å²) in [5.74, 6) is 0.769. The molecule has 0 aliphatic carbocycles. The zero-order chi connectivity index (χ0) is 17.8. The molecule has 0 unspecified atom stereocenters. The largest absolute Gasteiger partial charge is 0.355 e. The third-order valence-electron chi connectivity index (χ3n) is 4.45. The van der Waals surface area contributed by atoms with Crippen molar-refractivity contribution in [2.24, 2.45) is 5.92 Å². The molecule has 2 aromatic rings. The SMILES string of the molecule is C[C@H](NC(=O)[C@@H]1CCCN(c2cnccn2)C1)c1ccc(Cl)cc1Cl. The van der Waals surface area contributed by atoms with E-state index in [1.807, 2.05) is 13.0 Å². The molecular formula is C18H20Cl2N4O. The van der Waals surface area contributed by atoms with E-state index in [1.54, 1.807) is 30.7 Å². The fourth-order valence-corrected chi connectivity index (χ4v) is 3.69. The molecule has 0 spiro atoms. The Morgan fingerprint density at radius 2 is 2.20 bits per heavy atom. The Kier molecular flexibility index (Phi) is 5.76. The van der Waals surface area contributed by atoms with Gasteiger partial charge in [0.25, 0.3) is 0 Å². The standard InChI is InChI=1S/C18H20Cl2N4O/c1-12(15-5-4-14(19)9-16(15)20)23-18(25)13-3-2-8-24(11-13)17-10-21-6-7-22-17/h4-7,9-10,12-13H,2-3,8,11H2,1H3,(H,23,25)/t12-,13+/m0/s1. The van der Waals surface area contributed by atoms with E-state index in [4.69, 9.17) is 23.2 Å². The van der Waals surface area contributed by atoms with Gasteiger partial charge in [-0.15, -0.1) is 0 Å². The van der Waals surface area contributed by atoms with Gasteiger partial charge in [0.2, 0.25) is 5.91 Å². The summed E-state index contributed by atoms with van der Waals surface area (Å²) < 4.78 is 0. The predicted molar refractivity (Wildman–Crippen MR) is 100.0 cm³/mol. The van der Waals surface area contributed by atoms with E-state index >= 15 is 0 Å². The highest BCUT2D eigenvalue weighted by Gasteiger charge is 2.27. The Hall–Kier alpha value is -1.85. The smallest absolute Gasteiger partial charge is 0.225 e. The quantitative estimate of drug-likeness (QED) is 0.876. The van der Waals surface area contributed by atoms with Crippen molar-refractivity contribution in [3.05, 3.63) is 52.4 Å². The second-order valence-corrected chi connectivity index (χ2v) is 7.09. The highest BCUT2D eigenvalue weighted by atomic mass is 35.5. The van der Waals surface area contributed by atoms with Crippen LogP contribution < -0.4 is 10.2 Å². The summed E-state index contributed by atoms with van der Waals surface area (Å²) in [6, 6.07) is 5.14. The van der Waals surface area contributed by atoms with Gasteiger partial charge in [-0.2, -0.15) is 0 Å². The number of nitrogens with one attached hydrogen (secondary N) is 1. The van der Waals surface area contributed by atoms with Crippen molar-refractivity contribution in [1.82, 2.24) is 15.3 Å². The van der Waals surface area contributed by atoms with Gasteiger partial charge in [-0.1, -0.05) is 29.3 Å². The molecule has 7 heteroatoms. The average molecular weight is 379 g/mol. The second kappa shape index (κ2) is 8.02. The molecule has 0 bridgehead atoms. The van der Waals surface area contributed by atoms with Crippen molar-refractivity contribution in [3.8, 4) is 0 Å². The Labute approximate surface area is 157 Å². The Morgan fingerprint density at radius 1 is 1.36 bits per heavy atom. The average Bonchev–Trinajstić information content (AvgIpc) is 2.62. The minimum absolute atomic E-state index is 0.0344. The van der Waals surface area contributed by atoms with E-state index < -0.39 is 0 Å². The maximum Gasteiger partial charge on any atom is 0.225 e. The summed E-state index contributed by atoms with van der Waals surface area (Å²) >= 11 is 12.2. The highest BCUT2D eigenvalue weighted by molar-refractivity contribution is 6.35. The summed E-state index contributed by atoms with van der Waals surface area (Å²) in [5.41, 5.74) is 0.862. The van der Waals surface area contributed by atoms with Crippen LogP contribution >= 0.6 is 23.2 Å². The molecule has 1 aromatic carbocycles. The summed E-state index contributed by atoms with van der Waals surface area (Å²) in [5, 5.41) is 4.21. The first-order valence-corrected chi connectivity index (χ1v) is 9.06. The number of carbonyl (C=O) groups is 1. The van der Waals surface area contributed by atoms with Crippen molar-refractivity contribution in [2.45, 2.75) is 25.8 Å². The molecule has 1 N–H and O–H groups in total. The van der Waals surface area contributed by atoms with Crippen LogP contribution in [0.3, 0.4) is 0 Å². The number of nitrogens with zero attached hydrogens (tertiary/aromatic N) is 3. The molecule has 1 amide bonds. The zero-order valence-corrected chi connectivity index (χ0v) is 15.5. The molecule has 1 aromatic heterocycles. The van der Waals surface area contributed by atoms with Gasteiger partial charge in [0, 0.05) is 35.5 Å². The minimum Gasteiger partial charge on any atom is -0.355 e. The van der Waals surface area contributed by atoms with Crippen LogP contribution in [0.5, 0.6) is 0 Å². The second-order valence-electron chi connectivity index (χ2n) is 6.24. The van der Waals surface area contributed by atoms with Crippen molar-refractivity contribution < 1.29 is 4.79 Å². The number of anilines is 1. The predicted octanol–water partition coefficient (Wildman–Crippen LogP) is 3.88. The molecule has 3 rings (SSSR count). The van der Waals surface area contributed by atoms with E-state index in [-0.39, 0.29) is 17.9 Å². The molecule has 1 aliphatic rings. The van der Waals surface area contributed by atoms with E-state index in [0.29, 0.717) is 16.6 Å². The number of halogens is 2. The first-order chi connectivity index (χ1) is 12.0. The molecule has 0 saturated carbocycles. The van der Waals surface area contributed by atoms with Gasteiger partial charge in [0.05, 0.1) is 18.2 Å². The molecule has 132 valence electrons. The molecule has 1 saturated heterocycles. The van der Waals surface area contributed by atoms with Crippen LogP contribution in [0.4, 0.5) is 5.82 Å². The van der Waals surface area contributed by atoms with Crippen LogP contribution in [0.2, 0.25) is 10.0 Å². The van der Waals surface area contributed by atoms with Gasteiger partial charge in [-0.25, -0.2) is 4.98 Å². The van der Waals surface area contributed by atoms with Gasteiger partial charge < -0.3 is 10.2 Å². The third-order valence-corrected chi connectivity index (χ3v) is 5.02. The fraction of sp³-hybridized carbons (Fsp3) is 0.389.